The number of benzene rings is 1. The normalized spacial score (nSPS) is 11.1. The Morgan fingerprint density at radius 1 is 1.25 bits per heavy atom. The van der Waals surface area contributed by atoms with Crippen molar-refractivity contribution in [1.82, 2.24) is 0 Å². The standard InChI is InChI=1S/C17H22O3/c1-13(2)6-4-7-14(3)10-11-20-17(19)15-8-5-9-16(18)12-15/h5-6,8-10,12,18H,4,7,11H2,1-3H3/b14-10+. The molecule has 0 spiro atoms. The molecule has 1 aromatic rings. The summed E-state index contributed by atoms with van der Waals surface area (Å²) >= 11 is 0. The minimum Gasteiger partial charge on any atom is -0.508 e. The summed E-state index contributed by atoms with van der Waals surface area (Å²) in [5, 5.41) is 9.29. The van der Waals surface area contributed by atoms with Crippen molar-refractivity contribution in [2.75, 3.05) is 6.61 Å². The van der Waals surface area contributed by atoms with Gasteiger partial charge < -0.3 is 9.84 Å². The molecule has 0 aliphatic heterocycles. The fourth-order valence-electron chi connectivity index (χ4n) is 1.67. The molecule has 0 saturated heterocycles. The van der Waals surface area contributed by atoms with E-state index in [9.17, 15) is 9.90 Å². The fraction of sp³-hybridized carbons (Fsp3) is 0.353. The second-order valence-corrected chi connectivity index (χ2v) is 5.02. The lowest BCUT2D eigenvalue weighted by Crippen LogP contribution is -2.05. The van der Waals surface area contributed by atoms with E-state index in [1.54, 1.807) is 12.1 Å². The van der Waals surface area contributed by atoms with Crippen molar-refractivity contribution < 1.29 is 14.6 Å². The highest BCUT2D eigenvalue weighted by atomic mass is 16.5. The van der Waals surface area contributed by atoms with Crippen LogP contribution in [0.2, 0.25) is 0 Å². The minimum atomic E-state index is -0.422. The van der Waals surface area contributed by atoms with Gasteiger partial charge in [0.1, 0.15) is 12.4 Å². The number of phenols is 1. The first-order valence-electron chi connectivity index (χ1n) is 6.74. The van der Waals surface area contributed by atoms with Gasteiger partial charge in [0, 0.05) is 0 Å². The Hall–Kier alpha value is -2.03. The van der Waals surface area contributed by atoms with Gasteiger partial charge in [-0.25, -0.2) is 4.79 Å². The Bertz CT molecular complexity index is 509. The zero-order chi connectivity index (χ0) is 15.0. The van der Waals surface area contributed by atoms with Gasteiger partial charge >= 0.3 is 5.97 Å². The first-order chi connectivity index (χ1) is 9.49. The summed E-state index contributed by atoms with van der Waals surface area (Å²) in [7, 11) is 0. The molecule has 0 heterocycles. The van der Waals surface area contributed by atoms with Gasteiger partial charge in [-0.1, -0.05) is 23.3 Å². The third kappa shape index (κ3) is 6.23. The van der Waals surface area contributed by atoms with E-state index in [0.717, 1.165) is 12.8 Å². The summed E-state index contributed by atoms with van der Waals surface area (Å²) in [5.74, 6) is -0.359. The van der Waals surface area contributed by atoms with E-state index in [-0.39, 0.29) is 12.4 Å². The largest absolute Gasteiger partial charge is 0.508 e. The molecule has 20 heavy (non-hydrogen) atoms. The molecule has 0 aliphatic carbocycles. The molecule has 0 unspecified atom stereocenters. The molecule has 1 aromatic carbocycles. The second kappa shape index (κ2) is 8.20. The van der Waals surface area contributed by atoms with Crippen LogP contribution in [0, 0.1) is 0 Å². The Morgan fingerprint density at radius 3 is 2.65 bits per heavy atom. The number of phenolic OH excluding ortho intramolecular Hbond substituents is 1. The third-order valence-electron chi connectivity index (χ3n) is 2.82. The Morgan fingerprint density at radius 2 is 2.00 bits per heavy atom. The molecule has 0 amide bonds. The van der Waals surface area contributed by atoms with Gasteiger partial charge in [-0.15, -0.1) is 0 Å². The Kier molecular flexibility index (Phi) is 6.57. The summed E-state index contributed by atoms with van der Waals surface area (Å²) in [6.45, 7) is 6.45. The number of hydrogen-bond acceptors (Lipinski definition) is 3. The van der Waals surface area contributed by atoms with Crippen LogP contribution in [0.4, 0.5) is 0 Å². The number of aromatic hydroxyl groups is 1. The van der Waals surface area contributed by atoms with E-state index >= 15 is 0 Å². The van der Waals surface area contributed by atoms with Crippen molar-refractivity contribution in [3.05, 3.63) is 53.1 Å². The van der Waals surface area contributed by atoms with Gasteiger partial charge in [0.25, 0.3) is 0 Å². The number of ether oxygens (including phenoxy) is 1. The van der Waals surface area contributed by atoms with Crippen molar-refractivity contribution in [3.8, 4) is 5.75 Å². The smallest absolute Gasteiger partial charge is 0.338 e. The molecule has 0 radical (unpaired) electrons. The second-order valence-electron chi connectivity index (χ2n) is 5.02. The van der Waals surface area contributed by atoms with Gasteiger partial charge in [0.2, 0.25) is 0 Å². The molecule has 0 saturated carbocycles. The topological polar surface area (TPSA) is 46.5 Å². The lowest BCUT2D eigenvalue weighted by Gasteiger charge is -2.04. The molecule has 0 aromatic heterocycles. The maximum atomic E-state index is 11.7. The van der Waals surface area contributed by atoms with Crippen LogP contribution in [0.5, 0.6) is 5.75 Å². The lowest BCUT2D eigenvalue weighted by molar-refractivity contribution is 0.0548. The predicted octanol–water partition coefficient (Wildman–Crippen LogP) is 4.24. The molecule has 0 bridgehead atoms. The summed E-state index contributed by atoms with van der Waals surface area (Å²) in [5.41, 5.74) is 2.87. The van der Waals surface area contributed by atoms with Gasteiger partial charge in [0.15, 0.2) is 0 Å². The molecule has 0 fully saturated rings. The maximum Gasteiger partial charge on any atom is 0.338 e. The number of rotatable bonds is 6. The SMILES string of the molecule is CC(C)=CCC/C(C)=C/COC(=O)c1cccc(O)c1. The zero-order valence-corrected chi connectivity index (χ0v) is 12.3. The van der Waals surface area contributed by atoms with Crippen molar-refractivity contribution in [2.45, 2.75) is 33.6 Å². The molecule has 108 valence electrons. The zero-order valence-electron chi connectivity index (χ0n) is 12.3. The predicted molar refractivity (Wildman–Crippen MR) is 80.8 cm³/mol. The highest BCUT2D eigenvalue weighted by Crippen LogP contribution is 2.12. The Balaban J connectivity index is 2.39. The number of carbonyl (C=O) groups is 1. The molecule has 0 aliphatic rings. The quantitative estimate of drug-likeness (QED) is 0.623. The van der Waals surface area contributed by atoms with Crippen LogP contribution in [0.25, 0.3) is 0 Å². The molecule has 1 rings (SSSR count). The molecular weight excluding hydrogens is 252 g/mol. The van der Waals surface area contributed by atoms with Gasteiger partial charge in [0.05, 0.1) is 5.56 Å². The molecule has 3 nitrogen and oxygen atoms in total. The van der Waals surface area contributed by atoms with Gasteiger partial charge in [-0.2, -0.15) is 0 Å². The van der Waals surface area contributed by atoms with Crippen molar-refractivity contribution in [1.29, 1.82) is 0 Å². The van der Waals surface area contributed by atoms with E-state index in [1.807, 2.05) is 13.0 Å². The molecular formula is C17H22O3. The number of hydrogen-bond donors (Lipinski definition) is 1. The van der Waals surface area contributed by atoms with E-state index in [1.165, 1.54) is 23.3 Å². The molecule has 0 atom stereocenters. The van der Waals surface area contributed by atoms with Crippen molar-refractivity contribution >= 4 is 5.97 Å². The summed E-state index contributed by atoms with van der Waals surface area (Å²) < 4.78 is 5.14. The van der Waals surface area contributed by atoms with Crippen LogP contribution in [0.15, 0.2) is 47.6 Å². The van der Waals surface area contributed by atoms with E-state index in [0.29, 0.717) is 5.56 Å². The molecule has 1 N–H and O–H groups in total. The summed E-state index contributed by atoms with van der Waals surface area (Å²) in [6.07, 6.45) is 6.08. The first kappa shape index (κ1) is 16.0. The molecule has 3 heteroatoms. The van der Waals surface area contributed by atoms with E-state index in [2.05, 4.69) is 19.9 Å². The summed E-state index contributed by atoms with van der Waals surface area (Å²) in [4.78, 5) is 11.7. The van der Waals surface area contributed by atoms with Gasteiger partial charge in [-0.3, -0.25) is 0 Å². The highest BCUT2D eigenvalue weighted by molar-refractivity contribution is 5.89. The van der Waals surface area contributed by atoms with Crippen molar-refractivity contribution in [3.63, 3.8) is 0 Å². The number of esters is 1. The third-order valence-corrected chi connectivity index (χ3v) is 2.82. The van der Waals surface area contributed by atoms with Crippen LogP contribution in [0.1, 0.15) is 44.0 Å². The van der Waals surface area contributed by atoms with Crippen LogP contribution >= 0.6 is 0 Å². The van der Waals surface area contributed by atoms with E-state index in [4.69, 9.17) is 4.74 Å². The van der Waals surface area contributed by atoms with Crippen LogP contribution in [-0.4, -0.2) is 17.7 Å². The van der Waals surface area contributed by atoms with Crippen LogP contribution in [-0.2, 0) is 4.74 Å². The average molecular weight is 274 g/mol. The first-order valence-corrected chi connectivity index (χ1v) is 6.74. The van der Waals surface area contributed by atoms with Crippen molar-refractivity contribution in [2.24, 2.45) is 0 Å². The summed E-state index contributed by atoms with van der Waals surface area (Å²) in [6, 6.07) is 6.15. The van der Waals surface area contributed by atoms with Crippen LogP contribution < -0.4 is 0 Å². The van der Waals surface area contributed by atoms with E-state index < -0.39 is 5.97 Å². The highest BCUT2D eigenvalue weighted by Gasteiger charge is 2.06. The monoisotopic (exact) mass is 274 g/mol. The number of allylic oxidation sites excluding steroid dienone is 3. The van der Waals surface area contributed by atoms with Gasteiger partial charge in [-0.05, 0) is 57.9 Å². The number of carbonyl (C=O) groups excluding carboxylic acids is 1. The fourth-order valence-corrected chi connectivity index (χ4v) is 1.67. The lowest BCUT2D eigenvalue weighted by atomic mass is 10.1. The Labute approximate surface area is 120 Å². The minimum absolute atomic E-state index is 0.0629. The van der Waals surface area contributed by atoms with Crippen LogP contribution in [0.3, 0.4) is 0 Å². The average Bonchev–Trinajstić information content (AvgIpc) is 2.38. The maximum absolute atomic E-state index is 11.7.